The van der Waals surface area contributed by atoms with Crippen molar-refractivity contribution >= 4 is 11.6 Å². The monoisotopic (exact) mass is 298 g/mol. The summed E-state index contributed by atoms with van der Waals surface area (Å²) in [4.78, 5) is 6.71. The van der Waals surface area contributed by atoms with E-state index in [0.717, 1.165) is 25.6 Å². The molecule has 0 saturated heterocycles. The first kappa shape index (κ1) is 14.9. The third kappa shape index (κ3) is 3.81. The van der Waals surface area contributed by atoms with E-state index in [9.17, 15) is 0 Å². The fourth-order valence-electron chi connectivity index (χ4n) is 3.20. The third-order valence-electron chi connectivity index (χ3n) is 4.47. The first-order valence-electron chi connectivity index (χ1n) is 8.31. The normalized spacial score (nSPS) is 19.0. The molecule has 118 valence electrons. The summed E-state index contributed by atoms with van der Waals surface area (Å²) >= 11 is 0. The number of nitrogens with one attached hydrogen (secondary N) is 2. The number of hydrogen-bond acceptors (Lipinski definition) is 2. The van der Waals surface area contributed by atoms with Crippen LogP contribution in [0, 0.1) is 0 Å². The van der Waals surface area contributed by atoms with Gasteiger partial charge in [0, 0.05) is 38.4 Å². The number of anilines is 1. The number of benzene rings is 1. The molecule has 0 spiro atoms. The zero-order valence-electron chi connectivity index (χ0n) is 13.4. The van der Waals surface area contributed by atoms with Crippen LogP contribution in [0.2, 0.25) is 0 Å². The van der Waals surface area contributed by atoms with E-state index in [-0.39, 0.29) is 0 Å². The molecule has 22 heavy (non-hydrogen) atoms. The lowest BCUT2D eigenvalue weighted by Crippen LogP contribution is -2.41. The van der Waals surface area contributed by atoms with E-state index < -0.39 is 0 Å². The topological polar surface area (TPSA) is 39.7 Å². The lowest BCUT2D eigenvalue weighted by molar-refractivity contribution is 0.613. The zero-order valence-corrected chi connectivity index (χ0v) is 13.4. The summed E-state index contributed by atoms with van der Waals surface area (Å²) in [6.45, 7) is 2.84. The number of hydrogen-bond donors (Lipinski definition) is 2. The second-order valence-electron chi connectivity index (χ2n) is 6.10. The summed E-state index contributed by atoms with van der Waals surface area (Å²) in [6.07, 6.45) is 9.63. The molecule has 1 aliphatic carbocycles. The Balaban J connectivity index is 1.54. The number of aliphatic imine (C=N–C) groups is 1. The van der Waals surface area contributed by atoms with Crippen molar-refractivity contribution in [2.24, 2.45) is 4.99 Å². The van der Waals surface area contributed by atoms with E-state index in [1.165, 1.54) is 36.9 Å². The summed E-state index contributed by atoms with van der Waals surface area (Å²) in [7, 11) is 1.84. The van der Waals surface area contributed by atoms with Gasteiger partial charge in [-0.05, 0) is 30.5 Å². The van der Waals surface area contributed by atoms with E-state index in [1.54, 1.807) is 0 Å². The maximum atomic E-state index is 4.34. The van der Waals surface area contributed by atoms with Gasteiger partial charge in [-0.15, -0.1) is 0 Å². The average molecular weight is 298 g/mol. The first-order valence-corrected chi connectivity index (χ1v) is 8.31. The summed E-state index contributed by atoms with van der Waals surface area (Å²) in [5.74, 6) is 0.917. The maximum Gasteiger partial charge on any atom is 0.191 e. The van der Waals surface area contributed by atoms with Crippen molar-refractivity contribution in [2.75, 3.05) is 25.0 Å². The molecule has 4 heteroatoms. The Morgan fingerprint density at radius 3 is 2.73 bits per heavy atom. The average Bonchev–Trinajstić information content (AvgIpc) is 3.25. The molecule has 4 nitrogen and oxygen atoms in total. The molecule has 0 atom stereocenters. The molecule has 1 aromatic carbocycles. The van der Waals surface area contributed by atoms with Gasteiger partial charge < -0.3 is 15.5 Å². The predicted molar refractivity (Wildman–Crippen MR) is 93.4 cm³/mol. The minimum Gasteiger partial charge on any atom is -0.364 e. The van der Waals surface area contributed by atoms with Crippen LogP contribution in [0.5, 0.6) is 0 Å². The summed E-state index contributed by atoms with van der Waals surface area (Å²) in [6, 6.07) is 9.35. The van der Waals surface area contributed by atoms with Crippen molar-refractivity contribution in [3.8, 4) is 0 Å². The smallest absolute Gasteiger partial charge is 0.191 e. The molecule has 1 aliphatic heterocycles. The van der Waals surface area contributed by atoms with Crippen LogP contribution in [-0.4, -0.2) is 32.1 Å². The molecule has 1 saturated carbocycles. The van der Waals surface area contributed by atoms with E-state index in [2.05, 4.69) is 56.9 Å². The third-order valence-corrected chi connectivity index (χ3v) is 4.47. The van der Waals surface area contributed by atoms with Gasteiger partial charge in [0.2, 0.25) is 0 Å². The molecule has 0 aromatic heterocycles. The van der Waals surface area contributed by atoms with Crippen molar-refractivity contribution < 1.29 is 0 Å². The number of nitrogens with zero attached hydrogens (tertiary/aromatic N) is 2. The second-order valence-corrected chi connectivity index (χ2v) is 6.10. The van der Waals surface area contributed by atoms with Crippen molar-refractivity contribution in [1.82, 2.24) is 10.6 Å². The Labute approximate surface area is 133 Å². The maximum absolute atomic E-state index is 4.34. The minimum absolute atomic E-state index is 0.591. The van der Waals surface area contributed by atoms with Gasteiger partial charge in [-0.25, -0.2) is 0 Å². The Bertz CT molecular complexity index is 536. The number of guanidine groups is 1. The Hall–Kier alpha value is -1.97. The van der Waals surface area contributed by atoms with Crippen LogP contribution < -0.4 is 15.5 Å². The van der Waals surface area contributed by atoms with Crippen LogP contribution in [0.3, 0.4) is 0 Å². The van der Waals surface area contributed by atoms with Gasteiger partial charge in [0.25, 0.3) is 0 Å². The Morgan fingerprint density at radius 2 is 2.00 bits per heavy atom. The van der Waals surface area contributed by atoms with Gasteiger partial charge >= 0.3 is 0 Å². The highest BCUT2D eigenvalue weighted by molar-refractivity contribution is 5.80. The molecule has 0 amide bonds. The first-order chi connectivity index (χ1) is 10.8. The molecule has 0 bridgehead atoms. The van der Waals surface area contributed by atoms with Crippen LogP contribution in [0.1, 0.15) is 31.2 Å². The lowest BCUT2D eigenvalue weighted by Gasteiger charge is -2.19. The van der Waals surface area contributed by atoms with Crippen molar-refractivity contribution in [2.45, 2.75) is 38.3 Å². The van der Waals surface area contributed by atoms with E-state index in [1.807, 2.05) is 7.05 Å². The van der Waals surface area contributed by atoms with Crippen LogP contribution in [-0.2, 0) is 6.54 Å². The minimum atomic E-state index is 0.591. The zero-order chi connectivity index (χ0) is 15.2. The van der Waals surface area contributed by atoms with Gasteiger partial charge in [0.05, 0.1) is 0 Å². The lowest BCUT2D eigenvalue weighted by atomic mass is 10.2. The van der Waals surface area contributed by atoms with E-state index in [4.69, 9.17) is 0 Å². The van der Waals surface area contributed by atoms with E-state index in [0.29, 0.717) is 6.04 Å². The van der Waals surface area contributed by atoms with Crippen LogP contribution >= 0.6 is 0 Å². The van der Waals surface area contributed by atoms with E-state index >= 15 is 0 Å². The molecule has 2 N–H and O–H groups in total. The fraction of sp³-hybridized carbons (Fsp3) is 0.500. The fourth-order valence-corrected chi connectivity index (χ4v) is 3.20. The van der Waals surface area contributed by atoms with Gasteiger partial charge in [-0.2, -0.15) is 0 Å². The van der Waals surface area contributed by atoms with Gasteiger partial charge in [-0.1, -0.05) is 37.1 Å². The molecule has 0 radical (unpaired) electrons. The largest absolute Gasteiger partial charge is 0.364 e. The molecular formula is C18H26N4. The quantitative estimate of drug-likeness (QED) is 0.510. The SMILES string of the molecule is CN=C(NCc1cccc(N2CC=CC2)c1)NC1CCCC1. The van der Waals surface area contributed by atoms with Crippen molar-refractivity contribution in [3.05, 3.63) is 42.0 Å². The highest BCUT2D eigenvalue weighted by Crippen LogP contribution is 2.19. The number of rotatable bonds is 4. The Morgan fingerprint density at radius 1 is 1.23 bits per heavy atom. The standard InChI is InChI=1S/C18H26N4/c1-19-18(21-16-8-2-3-9-16)20-14-15-7-6-10-17(13-15)22-11-4-5-12-22/h4-7,10,13,16H,2-3,8-9,11-12,14H2,1H3,(H2,19,20,21). The predicted octanol–water partition coefficient (Wildman–Crippen LogP) is 2.67. The molecule has 1 heterocycles. The highest BCUT2D eigenvalue weighted by atomic mass is 15.2. The Kier molecular flexibility index (Phi) is 4.99. The molecule has 3 rings (SSSR count). The van der Waals surface area contributed by atoms with Crippen molar-refractivity contribution in [3.63, 3.8) is 0 Å². The molecule has 2 aliphatic rings. The molecule has 1 fully saturated rings. The highest BCUT2D eigenvalue weighted by Gasteiger charge is 2.15. The summed E-state index contributed by atoms with van der Waals surface area (Å²) in [5, 5.41) is 6.96. The molecule has 0 unspecified atom stereocenters. The van der Waals surface area contributed by atoms with Crippen LogP contribution in [0.4, 0.5) is 5.69 Å². The summed E-state index contributed by atoms with van der Waals surface area (Å²) in [5.41, 5.74) is 2.59. The van der Waals surface area contributed by atoms with Crippen LogP contribution in [0.15, 0.2) is 41.4 Å². The molecule has 1 aromatic rings. The van der Waals surface area contributed by atoms with Crippen molar-refractivity contribution in [1.29, 1.82) is 0 Å². The summed E-state index contributed by atoms with van der Waals surface area (Å²) < 4.78 is 0. The molecular weight excluding hydrogens is 272 g/mol. The van der Waals surface area contributed by atoms with Crippen LogP contribution in [0.25, 0.3) is 0 Å². The van der Waals surface area contributed by atoms with Gasteiger partial charge in [0.15, 0.2) is 5.96 Å². The second kappa shape index (κ2) is 7.34. The van der Waals surface area contributed by atoms with Gasteiger partial charge in [-0.3, -0.25) is 4.99 Å². The van der Waals surface area contributed by atoms with Gasteiger partial charge in [0.1, 0.15) is 0 Å².